The van der Waals surface area contributed by atoms with E-state index in [1.54, 1.807) is 24.3 Å². The lowest BCUT2D eigenvalue weighted by molar-refractivity contribution is 0.0265. The largest absolute Gasteiger partial charge is 0.491 e. The van der Waals surface area contributed by atoms with Gasteiger partial charge in [-0.2, -0.15) is 5.26 Å². The number of nitriles is 1. The molecule has 2 fully saturated rings. The van der Waals surface area contributed by atoms with Crippen LogP contribution in [0, 0.1) is 23.2 Å². The summed E-state index contributed by atoms with van der Waals surface area (Å²) in [7, 11) is 0. The van der Waals surface area contributed by atoms with Gasteiger partial charge in [-0.25, -0.2) is 4.79 Å². The highest BCUT2D eigenvalue weighted by Gasteiger charge is 2.42. The van der Waals surface area contributed by atoms with E-state index in [9.17, 15) is 9.90 Å². The van der Waals surface area contributed by atoms with Crippen molar-refractivity contribution in [2.75, 3.05) is 39.3 Å². The van der Waals surface area contributed by atoms with Gasteiger partial charge in [0, 0.05) is 32.7 Å². The molecular formula is C21H29N3O4. The maximum absolute atomic E-state index is 12.2. The van der Waals surface area contributed by atoms with Gasteiger partial charge in [0.05, 0.1) is 11.6 Å². The second-order valence-corrected chi connectivity index (χ2v) is 8.73. The van der Waals surface area contributed by atoms with E-state index in [4.69, 9.17) is 14.7 Å². The lowest BCUT2D eigenvalue weighted by Crippen LogP contribution is -2.39. The molecule has 0 radical (unpaired) electrons. The van der Waals surface area contributed by atoms with Gasteiger partial charge >= 0.3 is 6.09 Å². The van der Waals surface area contributed by atoms with Crippen molar-refractivity contribution < 1.29 is 19.4 Å². The second-order valence-electron chi connectivity index (χ2n) is 8.73. The molecule has 0 saturated carbocycles. The summed E-state index contributed by atoms with van der Waals surface area (Å²) in [6, 6.07) is 8.92. The van der Waals surface area contributed by atoms with E-state index in [1.165, 1.54) is 0 Å². The summed E-state index contributed by atoms with van der Waals surface area (Å²) in [5, 5.41) is 19.1. The highest BCUT2D eigenvalue weighted by atomic mass is 16.6. The summed E-state index contributed by atoms with van der Waals surface area (Å²) in [6.07, 6.45) is -0.819. The van der Waals surface area contributed by atoms with Crippen molar-refractivity contribution in [3.8, 4) is 11.8 Å². The molecule has 0 spiro atoms. The van der Waals surface area contributed by atoms with E-state index in [0.717, 1.165) is 13.1 Å². The van der Waals surface area contributed by atoms with E-state index >= 15 is 0 Å². The normalized spacial score (nSPS) is 23.2. The van der Waals surface area contributed by atoms with E-state index in [0.29, 0.717) is 42.8 Å². The number of fused-ring (bicyclic) bond motifs is 1. The maximum Gasteiger partial charge on any atom is 0.410 e. The summed E-state index contributed by atoms with van der Waals surface area (Å²) >= 11 is 0. The summed E-state index contributed by atoms with van der Waals surface area (Å²) in [5.74, 6) is 1.50. The average molecular weight is 387 g/mol. The minimum atomic E-state index is -0.587. The summed E-state index contributed by atoms with van der Waals surface area (Å²) < 4.78 is 11.1. The van der Waals surface area contributed by atoms with Crippen molar-refractivity contribution in [2.24, 2.45) is 11.8 Å². The number of likely N-dealkylation sites (tertiary alicyclic amines) is 2. The van der Waals surface area contributed by atoms with Gasteiger partial charge in [0.25, 0.3) is 0 Å². The molecule has 7 nitrogen and oxygen atoms in total. The molecule has 2 aliphatic rings. The van der Waals surface area contributed by atoms with Gasteiger partial charge in [0.2, 0.25) is 0 Å². The molecule has 3 unspecified atom stereocenters. The van der Waals surface area contributed by atoms with Crippen LogP contribution in [-0.4, -0.2) is 72.0 Å². The van der Waals surface area contributed by atoms with Gasteiger partial charge in [0.1, 0.15) is 24.1 Å². The van der Waals surface area contributed by atoms with Crippen LogP contribution in [0.1, 0.15) is 26.3 Å². The molecule has 1 aromatic carbocycles. The molecule has 0 bridgehead atoms. The first-order valence-corrected chi connectivity index (χ1v) is 9.75. The second kappa shape index (κ2) is 8.38. The minimum absolute atomic E-state index is 0.210. The number of aliphatic hydroxyl groups is 1. The Kier molecular flexibility index (Phi) is 6.11. The first-order chi connectivity index (χ1) is 13.2. The van der Waals surface area contributed by atoms with Gasteiger partial charge in [-0.3, -0.25) is 4.90 Å². The molecule has 2 heterocycles. The van der Waals surface area contributed by atoms with Crippen molar-refractivity contribution in [1.82, 2.24) is 9.80 Å². The van der Waals surface area contributed by atoms with Gasteiger partial charge in [-0.15, -0.1) is 0 Å². The van der Waals surface area contributed by atoms with E-state index in [-0.39, 0.29) is 12.7 Å². The standard InChI is InChI=1S/C21H29N3O4/c1-21(2,3)28-20(26)24-11-16-9-23(10-17(16)12-24)13-18(25)14-27-19-6-4-15(8-22)5-7-19/h4-7,16-18,25H,9-14H2,1-3H3. The van der Waals surface area contributed by atoms with Crippen LogP contribution in [0.15, 0.2) is 24.3 Å². The lowest BCUT2D eigenvalue weighted by Gasteiger charge is -2.26. The third-order valence-corrected chi connectivity index (χ3v) is 5.11. The molecule has 2 saturated heterocycles. The van der Waals surface area contributed by atoms with Crippen molar-refractivity contribution >= 4 is 6.09 Å². The third kappa shape index (κ3) is 5.37. The van der Waals surface area contributed by atoms with Crippen molar-refractivity contribution in [3.63, 3.8) is 0 Å². The minimum Gasteiger partial charge on any atom is -0.491 e. The van der Waals surface area contributed by atoms with Crippen LogP contribution in [0.5, 0.6) is 5.75 Å². The van der Waals surface area contributed by atoms with Gasteiger partial charge in [0.15, 0.2) is 0 Å². The molecule has 1 N–H and O–H groups in total. The molecule has 0 aliphatic carbocycles. The van der Waals surface area contributed by atoms with E-state index in [1.807, 2.05) is 25.7 Å². The highest BCUT2D eigenvalue weighted by Crippen LogP contribution is 2.32. The fourth-order valence-electron chi connectivity index (χ4n) is 3.88. The van der Waals surface area contributed by atoms with Crippen LogP contribution in [0.4, 0.5) is 4.79 Å². The van der Waals surface area contributed by atoms with Crippen molar-refractivity contribution in [2.45, 2.75) is 32.5 Å². The van der Waals surface area contributed by atoms with Gasteiger partial charge in [-0.05, 0) is 56.9 Å². The Morgan fingerprint density at radius 2 is 1.82 bits per heavy atom. The number of hydrogen-bond acceptors (Lipinski definition) is 6. The predicted molar refractivity (Wildman–Crippen MR) is 104 cm³/mol. The molecule has 3 rings (SSSR count). The molecule has 1 amide bonds. The Morgan fingerprint density at radius 1 is 1.21 bits per heavy atom. The van der Waals surface area contributed by atoms with Crippen LogP contribution in [0.25, 0.3) is 0 Å². The third-order valence-electron chi connectivity index (χ3n) is 5.11. The average Bonchev–Trinajstić information content (AvgIpc) is 3.17. The zero-order chi connectivity index (χ0) is 20.3. The first kappa shape index (κ1) is 20.4. The lowest BCUT2D eigenvalue weighted by atomic mass is 10.0. The number of carbonyl (C=O) groups excluding carboxylic acids is 1. The number of ether oxygens (including phenoxy) is 2. The number of amides is 1. The Hall–Kier alpha value is -2.30. The number of carbonyl (C=O) groups is 1. The Bertz CT molecular complexity index is 709. The highest BCUT2D eigenvalue weighted by molar-refractivity contribution is 5.68. The molecule has 2 aliphatic heterocycles. The van der Waals surface area contributed by atoms with Crippen LogP contribution >= 0.6 is 0 Å². The van der Waals surface area contributed by atoms with E-state index < -0.39 is 11.7 Å². The molecule has 28 heavy (non-hydrogen) atoms. The SMILES string of the molecule is CC(C)(C)OC(=O)N1CC2CN(CC(O)COc3ccc(C#N)cc3)CC2C1. The molecule has 1 aromatic rings. The number of aliphatic hydroxyl groups excluding tert-OH is 1. The molecule has 0 aromatic heterocycles. The van der Waals surface area contributed by atoms with Crippen molar-refractivity contribution in [3.05, 3.63) is 29.8 Å². The molecule has 3 atom stereocenters. The van der Waals surface area contributed by atoms with Gasteiger partial charge in [-0.1, -0.05) is 0 Å². The smallest absolute Gasteiger partial charge is 0.410 e. The van der Waals surface area contributed by atoms with E-state index in [2.05, 4.69) is 11.0 Å². The topological polar surface area (TPSA) is 86.0 Å². The summed E-state index contributed by atoms with van der Waals surface area (Å²) in [5.41, 5.74) is 0.108. The van der Waals surface area contributed by atoms with Gasteiger partial charge < -0.3 is 19.5 Å². The zero-order valence-electron chi connectivity index (χ0n) is 16.8. The fourth-order valence-corrected chi connectivity index (χ4v) is 3.88. The summed E-state index contributed by atoms with van der Waals surface area (Å²) in [4.78, 5) is 16.3. The monoisotopic (exact) mass is 387 g/mol. The zero-order valence-corrected chi connectivity index (χ0v) is 16.8. The molecule has 7 heteroatoms. The van der Waals surface area contributed by atoms with Crippen LogP contribution in [0.3, 0.4) is 0 Å². The number of nitrogens with zero attached hydrogens (tertiary/aromatic N) is 3. The molecular weight excluding hydrogens is 358 g/mol. The van der Waals surface area contributed by atoms with Crippen LogP contribution in [-0.2, 0) is 4.74 Å². The molecule has 152 valence electrons. The van der Waals surface area contributed by atoms with Crippen LogP contribution in [0.2, 0.25) is 0 Å². The van der Waals surface area contributed by atoms with Crippen LogP contribution < -0.4 is 4.74 Å². The predicted octanol–water partition coefficient (Wildman–Crippen LogP) is 2.10. The van der Waals surface area contributed by atoms with Crippen molar-refractivity contribution in [1.29, 1.82) is 5.26 Å². The quantitative estimate of drug-likeness (QED) is 0.833. The number of β-amino-alcohol motifs (C(OH)–C–C–N with tert-alkyl or cyclic N) is 1. The fraction of sp³-hybridized carbons (Fsp3) is 0.619. The Labute approximate surface area is 166 Å². The summed E-state index contributed by atoms with van der Waals surface area (Å²) in [6.45, 7) is 9.58. The first-order valence-electron chi connectivity index (χ1n) is 9.75. The number of hydrogen-bond donors (Lipinski definition) is 1. The maximum atomic E-state index is 12.2. The Morgan fingerprint density at radius 3 is 2.36 bits per heavy atom. The Balaban J connectivity index is 1.40. The number of rotatable bonds is 5. The number of benzene rings is 1.